The van der Waals surface area contributed by atoms with Gasteiger partial charge in [0.05, 0.1) is 5.92 Å². The van der Waals surface area contributed by atoms with E-state index in [4.69, 9.17) is 5.84 Å². The molecule has 2 rings (SSSR count). The number of halogens is 1. The summed E-state index contributed by atoms with van der Waals surface area (Å²) in [6.07, 6.45) is 0. The van der Waals surface area contributed by atoms with Crippen molar-refractivity contribution in [2.45, 2.75) is 12.8 Å². The summed E-state index contributed by atoms with van der Waals surface area (Å²) in [5, 5.41) is 0. The molecule has 0 aliphatic rings. The maximum Gasteiger partial charge on any atom is 0.241 e. The first-order valence-corrected chi connectivity index (χ1v) is 5.99. The average molecular weight is 258 g/mol. The van der Waals surface area contributed by atoms with E-state index in [0.717, 1.165) is 11.1 Å². The Bertz CT molecular complexity index is 584. The quantitative estimate of drug-likeness (QED) is 0.505. The molecule has 0 saturated heterocycles. The highest BCUT2D eigenvalue weighted by molar-refractivity contribution is 5.83. The van der Waals surface area contributed by atoms with Crippen molar-refractivity contribution in [1.82, 2.24) is 5.43 Å². The molecule has 0 aliphatic carbocycles. The third-order valence-corrected chi connectivity index (χ3v) is 3.11. The van der Waals surface area contributed by atoms with Crippen molar-refractivity contribution < 1.29 is 9.18 Å². The van der Waals surface area contributed by atoms with Crippen LogP contribution in [0.5, 0.6) is 0 Å². The summed E-state index contributed by atoms with van der Waals surface area (Å²) < 4.78 is 13.8. The molecule has 3 nitrogen and oxygen atoms in total. The van der Waals surface area contributed by atoms with Crippen LogP contribution >= 0.6 is 0 Å². The van der Waals surface area contributed by atoms with Gasteiger partial charge in [-0.1, -0.05) is 36.4 Å². The van der Waals surface area contributed by atoms with Crippen LogP contribution in [0.15, 0.2) is 48.5 Å². The van der Waals surface area contributed by atoms with Crippen molar-refractivity contribution in [3.05, 3.63) is 59.9 Å². The molecule has 98 valence electrons. The Morgan fingerprint density at radius 1 is 1.16 bits per heavy atom. The largest absolute Gasteiger partial charge is 0.294 e. The van der Waals surface area contributed by atoms with E-state index in [1.54, 1.807) is 19.1 Å². The van der Waals surface area contributed by atoms with E-state index < -0.39 is 17.6 Å². The van der Waals surface area contributed by atoms with Crippen molar-refractivity contribution in [1.29, 1.82) is 0 Å². The number of rotatable bonds is 3. The zero-order chi connectivity index (χ0) is 13.8. The molecular weight excluding hydrogens is 243 g/mol. The Morgan fingerprint density at radius 2 is 1.84 bits per heavy atom. The van der Waals surface area contributed by atoms with Gasteiger partial charge in [0.15, 0.2) is 0 Å². The number of nitrogens with two attached hydrogens (primary N) is 1. The number of hydrogen-bond donors (Lipinski definition) is 2. The minimum absolute atomic E-state index is 0.337. The van der Waals surface area contributed by atoms with Crippen LogP contribution in [0.2, 0.25) is 0 Å². The second kappa shape index (κ2) is 5.63. The zero-order valence-corrected chi connectivity index (χ0v) is 10.6. The second-order valence-corrected chi connectivity index (χ2v) is 4.33. The summed E-state index contributed by atoms with van der Waals surface area (Å²) in [4.78, 5) is 11.5. The topological polar surface area (TPSA) is 55.1 Å². The fourth-order valence-electron chi connectivity index (χ4n) is 1.95. The van der Waals surface area contributed by atoms with Crippen molar-refractivity contribution in [3.8, 4) is 11.1 Å². The van der Waals surface area contributed by atoms with E-state index in [0.29, 0.717) is 5.56 Å². The SMILES string of the molecule is CC(C(=O)NN)c1cc(-c2ccccc2)ccc1F. The Morgan fingerprint density at radius 3 is 2.47 bits per heavy atom. The lowest BCUT2D eigenvalue weighted by atomic mass is 9.95. The fraction of sp³-hybridized carbons (Fsp3) is 0.133. The minimum atomic E-state index is -0.631. The smallest absolute Gasteiger partial charge is 0.241 e. The number of nitrogens with one attached hydrogen (secondary N) is 1. The van der Waals surface area contributed by atoms with Crippen molar-refractivity contribution in [3.63, 3.8) is 0 Å². The Labute approximate surface area is 111 Å². The molecule has 2 aromatic rings. The van der Waals surface area contributed by atoms with Crippen molar-refractivity contribution in [2.75, 3.05) is 0 Å². The van der Waals surface area contributed by atoms with Gasteiger partial charge < -0.3 is 0 Å². The lowest BCUT2D eigenvalue weighted by Gasteiger charge is -2.13. The highest BCUT2D eigenvalue weighted by Gasteiger charge is 2.18. The summed E-state index contributed by atoms with van der Waals surface area (Å²) in [6, 6.07) is 14.4. The zero-order valence-electron chi connectivity index (χ0n) is 10.6. The van der Waals surface area contributed by atoms with Gasteiger partial charge in [-0.15, -0.1) is 0 Å². The average Bonchev–Trinajstić information content (AvgIpc) is 2.47. The predicted octanol–water partition coefficient (Wildman–Crippen LogP) is 2.59. The second-order valence-electron chi connectivity index (χ2n) is 4.33. The first-order chi connectivity index (χ1) is 9.13. The van der Waals surface area contributed by atoms with Gasteiger partial charge in [-0.25, -0.2) is 10.2 Å². The van der Waals surface area contributed by atoms with E-state index in [1.807, 2.05) is 35.8 Å². The standard InChI is InChI=1S/C15H15FN2O/c1-10(15(19)18-17)13-9-12(7-8-14(13)16)11-5-3-2-4-6-11/h2-10H,17H2,1H3,(H,18,19). The van der Waals surface area contributed by atoms with Crippen LogP contribution in [0.3, 0.4) is 0 Å². The molecule has 0 radical (unpaired) electrons. The van der Waals surface area contributed by atoms with Crippen LogP contribution in [0.1, 0.15) is 18.4 Å². The summed E-state index contributed by atoms with van der Waals surface area (Å²) in [5.74, 6) is 3.64. The molecule has 1 atom stereocenters. The Balaban J connectivity index is 2.43. The summed E-state index contributed by atoms with van der Waals surface area (Å²) >= 11 is 0. The molecule has 0 aliphatic heterocycles. The van der Waals surface area contributed by atoms with E-state index in [2.05, 4.69) is 0 Å². The highest BCUT2D eigenvalue weighted by atomic mass is 19.1. The number of carbonyl (C=O) groups is 1. The maximum absolute atomic E-state index is 13.8. The van der Waals surface area contributed by atoms with Gasteiger partial charge in [0.2, 0.25) is 5.91 Å². The number of carbonyl (C=O) groups excluding carboxylic acids is 1. The van der Waals surface area contributed by atoms with Gasteiger partial charge in [-0.3, -0.25) is 10.2 Å². The Kier molecular flexibility index (Phi) is 3.92. The van der Waals surface area contributed by atoms with E-state index in [9.17, 15) is 9.18 Å². The third-order valence-electron chi connectivity index (χ3n) is 3.11. The first-order valence-electron chi connectivity index (χ1n) is 5.99. The van der Waals surface area contributed by atoms with Crippen molar-refractivity contribution in [2.24, 2.45) is 5.84 Å². The molecule has 0 saturated carbocycles. The van der Waals surface area contributed by atoms with Gasteiger partial charge in [0.1, 0.15) is 5.82 Å². The normalized spacial score (nSPS) is 11.9. The molecule has 3 N–H and O–H groups in total. The molecule has 1 amide bonds. The number of hydrazine groups is 1. The molecule has 1 unspecified atom stereocenters. The number of benzene rings is 2. The van der Waals surface area contributed by atoms with Crippen LogP contribution in [-0.2, 0) is 4.79 Å². The lowest BCUT2D eigenvalue weighted by molar-refractivity contribution is -0.122. The first kappa shape index (κ1) is 13.2. The third kappa shape index (κ3) is 2.80. The summed E-state index contributed by atoms with van der Waals surface area (Å²) in [5.41, 5.74) is 4.23. The van der Waals surface area contributed by atoms with Gasteiger partial charge >= 0.3 is 0 Å². The van der Waals surface area contributed by atoms with Gasteiger partial charge in [-0.2, -0.15) is 0 Å². The molecule has 0 bridgehead atoms. The van der Waals surface area contributed by atoms with Crippen molar-refractivity contribution >= 4 is 5.91 Å². The van der Waals surface area contributed by atoms with Crippen LogP contribution < -0.4 is 11.3 Å². The number of amides is 1. The van der Waals surface area contributed by atoms with Crippen LogP contribution in [0, 0.1) is 5.82 Å². The highest BCUT2D eigenvalue weighted by Crippen LogP contribution is 2.26. The van der Waals surface area contributed by atoms with Gasteiger partial charge in [0.25, 0.3) is 0 Å². The molecular formula is C15H15FN2O. The lowest BCUT2D eigenvalue weighted by Crippen LogP contribution is -2.34. The van der Waals surface area contributed by atoms with E-state index in [-0.39, 0.29) is 0 Å². The van der Waals surface area contributed by atoms with Crippen LogP contribution in [0.4, 0.5) is 4.39 Å². The van der Waals surface area contributed by atoms with Crippen LogP contribution in [0.25, 0.3) is 11.1 Å². The molecule has 0 spiro atoms. The van der Waals surface area contributed by atoms with Gasteiger partial charge in [-0.05, 0) is 30.2 Å². The Hall–Kier alpha value is -2.20. The van der Waals surface area contributed by atoms with E-state index >= 15 is 0 Å². The predicted molar refractivity (Wildman–Crippen MR) is 72.6 cm³/mol. The molecule has 4 heteroatoms. The molecule has 0 aromatic heterocycles. The van der Waals surface area contributed by atoms with Crippen LogP contribution in [-0.4, -0.2) is 5.91 Å². The molecule has 2 aromatic carbocycles. The number of hydrogen-bond acceptors (Lipinski definition) is 2. The van der Waals surface area contributed by atoms with Gasteiger partial charge in [0, 0.05) is 5.56 Å². The minimum Gasteiger partial charge on any atom is -0.294 e. The summed E-state index contributed by atoms with van der Waals surface area (Å²) in [6.45, 7) is 1.62. The molecule has 19 heavy (non-hydrogen) atoms. The fourth-order valence-corrected chi connectivity index (χ4v) is 1.95. The molecule has 0 heterocycles. The maximum atomic E-state index is 13.8. The monoisotopic (exact) mass is 258 g/mol. The molecule has 0 fully saturated rings. The van der Waals surface area contributed by atoms with E-state index in [1.165, 1.54) is 6.07 Å². The summed E-state index contributed by atoms with van der Waals surface area (Å²) in [7, 11) is 0.